The number of H-pyrrole nitrogens is 1. The summed E-state index contributed by atoms with van der Waals surface area (Å²) in [5.74, 6) is -0.263. The quantitative estimate of drug-likeness (QED) is 0.752. The Kier molecular flexibility index (Phi) is 3.78. The normalized spacial score (nSPS) is 10.8. The Bertz CT molecular complexity index is 862. The van der Waals surface area contributed by atoms with Crippen molar-refractivity contribution in [1.82, 2.24) is 9.55 Å². The molecule has 1 N–H and O–H groups in total. The van der Waals surface area contributed by atoms with Crippen molar-refractivity contribution in [3.05, 3.63) is 64.6 Å². The van der Waals surface area contributed by atoms with Gasteiger partial charge < -0.3 is 9.72 Å². The van der Waals surface area contributed by atoms with Crippen molar-refractivity contribution in [1.29, 1.82) is 0 Å². The average Bonchev–Trinajstić information content (AvgIpc) is 2.89. The molecule has 0 aliphatic carbocycles. The number of nitrogens with zero attached hydrogens (tertiary/aromatic N) is 1. The highest BCUT2D eigenvalue weighted by Crippen LogP contribution is 2.21. The van der Waals surface area contributed by atoms with Gasteiger partial charge in [0.2, 0.25) is 0 Å². The van der Waals surface area contributed by atoms with Crippen LogP contribution in [0.25, 0.3) is 16.7 Å². The number of esters is 1. The van der Waals surface area contributed by atoms with Crippen LogP contribution in [0.4, 0.5) is 0 Å². The molecule has 5 heteroatoms. The number of para-hydroxylation sites is 2. The molecule has 3 aromatic rings. The van der Waals surface area contributed by atoms with Crippen LogP contribution in [-0.2, 0) is 16.0 Å². The monoisotopic (exact) mass is 296 g/mol. The molecule has 0 saturated carbocycles. The van der Waals surface area contributed by atoms with Gasteiger partial charge in [0, 0.05) is 6.42 Å². The van der Waals surface area contributed by atoms with Crippen molar-refractivity contribution in [3.63, 3.8) is 0 Å². The molecule has 0 aliphatic heterocycles. The molecule has 0 bridgehead atoms. The van der Waals surface area contributed by atoms with Gasteiger partial charge in [0.25, 0.3) is 0 Å². The minimum Gasteiger partial charge on any atom is -0.469 e. The van der Waals surface area contributed by atoms with Crippen LogP contribution in [-0.4, -0.2) is 22.6 Å². The third-order valence-electron chi connectivity index (χ3n) is 3.63. The molecule has 3 rings (SSSR count). The van der Waals surface area contributed by atoms with Gasteiger partial charge in [-0.05, 0) is 30.2 Å². The van der Waals surface area contributed by atoms with Gasteiger partial charge in [0.1, 0.15) is 0 Å². The van der Waals surface area contributed by atoms with E-state index in [1.807, 2.05) is 48.5 Å². The first-order valence-electron chi connectivity index (χ1n) is 7.05. The van der Waals surface area contributed by atoms with Crippen molar-refractivity contribution >= 4 is 17.0 Å². The van der Waals surface area contributed by atoms with Crippen molar-refractivity contribution < 1.29 is 9.53 Å². The zero-order valence-corrected chi connectivity index (χ0v) is 12.2. The van der Waals surface area contributed by atoms with Gasteiger partial charge in [-0.2, -0.15) is 0 Å². The molecule has 22 heavy (non-hydrogen) atoms. The van der Waals surface area contributed by atoms with Crippen molar-refractivity contribution in [2.75, 3.05) is 7.11 Å². The third kappa shape index (κ3) is 2.53. The van der Waals surface area contributed by atoms with Gasteiger partial charge in [0.05, 0.1) is 23.8 Å². The number of aromatic amines is 1. The molecular formula is C17H16N2O3. The number of methoxy groups -OCH3 is 1. The van der Waals surface area contributed by atoms with E-state index in [1.165, 1.54) is 7.11 Å². The van der Waals surface area contributed by atoms with Crippen molar-refractivity contribution in [2.45, 2.75) is 12.8 Å². The Morgan fingerprint density at radius 2 is 1.91 bits per heavy atom. The van der Waals surface area contributed by atoms with Crippen LogP contribution in [0.1, 0.15) is 12.0 Å². The fraction of sp³-hybridized carbons (Fsp3) is 0.176. The van der Waals surface area contributed by atoms with Crippen LogP contribution >= 0.6 is 0 Å². The van der Waals surface area contributed by atoms with E-state index in [-0.39, 0.29) is 18.1 Å². The summed E-state index contributed by atoms with van der Waals surface area (Å²) >= 11 is 0. The summed E-state index contributed by atoms with van der Waals surface area (Å²) in [7, 11) is 1.37. The molecule has 112 valence electrons. The second-order valence-corrected chi connectivity index (χ2v) is 4.99. The second-order valence-electron chi connectivity index (χ2n) is 4.99. The Labute approximate surface area is 127 Å². The lowest BCUT2D eigenvalue weighted by Crippen LogP contribution is -2.15. The third-order valence-corrected chi connectivity index (χ3v) is 3.63. The van der Waals surface area contributed by atoms with E-state index in [1.54, 1.807) is 4.57 Å². The fourth-order valence-corrected chi connectivity index (χ4v) is 2.59. The second kappa shape index (κ2) is 5.89. The maximum atomic E-state index is 12.3. The number of fused-ring (bicyclic) bond motifs is 1. The Morgan fingerprint density at radius 3 is 2.64 bits per heavy atom. The number of carbonyl (C=O) groups is 1. The standard InChI is InChI=1S/C17H16N2O3/c1-22-15(20)11-10-12-6-5-9-14-16(12)19(17(21)18-14)13-7-3-2-4-8-13/h2-9H,10-11H2,1H3,(H,18,21). The average molecular weight is 296 g/mol. The maximum Gasteiger partial charge on any atom is 0.331 e. The molecule has 0 unspecified atom stereocenters. The van der Waals surface area contributed by atoms with E-state index < -0.39 is 0 Å². The zero-order valence-electron chi connectivity index (χ0n) is 12.2. The van der Waals surface area contributed by atoms with Gasteiger partial charge in [-0.25, -0.2) is 4.79 Å². The van der Waals surface area contributed by atoms with Crippen LogP contribution in [0, 0.1) is 0 Å². The molecule has 5 nitrogen and oxygen atoms in total. The van der Waals surface area contributed by atoms with Gasteiger partial charge in [-0.3, -0.25) is 9.36 Å². The highest BCUT2D eigenvalue weighted by Gasteiger charge is 2.13. The summed E-state index contributed by atoms with van der Waals surface area (Å²) in [5, 5.41) is 0. The van der Waals surface area contributed by atoms with E-state index in [9.17, 15) is 9.59 Å². The smallest absolute Gasteiger partial charge is 0.331 e. The molecule has 0 radical (unpaired) electrons. The molecule has 1 aromatic heterocycles. The summed E-state index contributed by atoms with van der Waals surface area (Å²) in [4.78, 5) is 26.5. The van der Waals surface area contributed by atoms with Crippen LogP contribution in [0.3, 0.4) is 0 Å². The zero-order chi connectivity index (χ0) is 15.5. The molecule has 0 aliphatic rings. The molecular weight excluding hydrogens is 280 g/mol. The lowest BCUT2D eigenvalue weighted by atomic mass is 10.1. The topological polar surface area (TPSA) is 64.1 Å². The molecule has 0 atom stereocenters. The van der Waals surface area contributed by atoms with Gasteiger partial charge in [-0.1, -0.05) is 30.3 Å². The first-order valence-corrected chi connectivity index (χ1v) is 7.05. The Hall–Kier alpha value is -2.82. The predicted molar refractivity (Wildman–Crippen MR) is 84.2 cm³/mol. The number of aromatic nitrogens is 2. The van der Waals surface area contributed by atoms with Crippen molar-refractivity contribution in [3.8, 4) is 5.69 Å². The van der Waals surface area contributed by atoms with E-state index >= 15 is 0 Å². The SMILES string of the molecule is COC(=O)CCc1cccc2[nH]c(=O)n(-c3ccccc3)c12. The number of rotatable bonds is 4. The first kappa shape index (κ1) is 14.1. The molecule has 2 aromatic carbocycles. The molecule has 0 spiro atoms. The maximum absolute atomic E-state index is 12.3. The highest BCUT2D eigenvalue weighted by atomic mass is 16.5. The number of ether oxygens (including phenoxy) is 1. The van der Waals surface area contributed by atoms with E-state index in [4.69, 9.17) is 0 Å². The van der Waals surface area contributed by atoms with E-state index in [0.29, 0.717) is 6.42 Å². The summed E-state index contributed by atoms with van der Waals surface area (Å²) in [6.07, 6.45) is 0.803. The molecule has 0 saturated heterocycles. The summed E-state index contributed by atoms with van der Waals surface area (Å²) in [6, 6.07) is 15.1. The minimum atomic E-state index is -0.263. The van der Waals surface area contributed by atoms with Crippen LogP contribution in [0.2, 0.25) is 0 Å². The molecule has 0 amide bonds. The van der Waals surface area contributed by atoms with Crippen LogP contribution in [0.5, 0.6) is 0 Å². The molecule has 1 heterocycles. The number of nitrogens with one attached hydrogen (secondary N) is 1. The van der Waals surface area contributed by atoms with Gasteiger partial charge >= 0.3 is 11.7 Å². The Balaban J connectivity index is 2.14. The number of carbonyl (C=O) groups excluding carboxylic acids is 1. The number of hydrogen-bond acceptors (Lipinski definition) is 3. The van der Waals surface area contributed by atoms with E-state index in [0.717, 1.165) is 22.3 Å². The summed E-state index contributed by atoms with van der Waals surface area (Å²) in [5.41, 5.74) is 3.11. The predicted octanol–water partition coefficient (Wildman–Crippen LogP) is 2.42. The Morgan fingerprint density at radius 1 is 1.14 bits per heavy atom. The number of aryl methyl sites for hydroxylation is 1. The van der Waals surface area contributed by atoms with Crippen LogP contribution in [0.15, 0.2) is 53.3 Å². The number of imidazole rings is 1. The van der Waals surface area contributed by atoms with E-state index in [2.05, 4.69) is 9.72 Å². The summed E-state index contributed by atoms with van der Waals surface area (Å²) in [6.45, 7) is 0. The van der Waals surface area contributed by atoms with Gasteiger partial charge in [-0.15, -0.1) is 0 Å². The first-order chi connectivity index (χ1) is 10.7. The van der Waals surface area contributed by atoms with Gasteiger partial charge in [0.15, 0.2) is 0 Å². The van der Waals surface area contributed by atoms with Crippen LogP contribution < -0.4 is 5.69 Å². The number of benzene rings is 2. The largest absolute Gasteiger partial charge is 0.469 e. The molecule has 0 fully saturated rings. The summed E-state index contributed by atoms with van der Waals surface area (Å²) < 4.78 is 6.33. The van der Waals surface area contributed by atoms with Crippen molar-refractivity contribution in [2.24, 2.45) is 0 Å². The lowest BCUT2D eigenvalue weighted by Gasteiger charge is -2.08. The fourth-order valence-electron chi connectivity index (χ4n) is 2.59. The highest BCUT2D eigenvalue weighted by molar-refractivity contribution is 5.81. The minimum absolute atomic E-state index is 0.188. The number of hydrogen-bond donors (Lipinski definition) is 1. The lowest BCUT2D eigenvalue weighted by molar-refractivity contribution is -0.140.